The molecule has 5 heteroatoms. The molecule has 21 heavy (non-hydrogen) atoms. The fourth-order valence-corrected chi connectivity index (χ4v) is 3.77. The molecule has 120 valence electrons. The van der Waals surface area contributed by atoms with E-state index >= 15 is 0 Å². The van der Waals surface area contributed by atoms with Crippen LogP contribution in [0.5, 0.6) is 0 Å². The summed E-state index contributed by atoms with van der Waals surface area (Å²) in [5.41, 5.74) is -0.747. The fraction of sp³-hybridized carbons (Fsp3) is 0.875. The van der Waals surface area contributed by atoms with Gasteiger partial charge >= 0.3 is 12.0 Å². The molecule has 3 unspecified atom stereocenters. The van der Waals surface area contributed by atoms with Crippen LogP contribution in [-0.4, -0.2) is 29.7 Å². The summed E-state index contributed by atoms with van der Waals surface area (Å²) in [6.45, 7) is 4.66. The average Bonchev–Trinajstić information content (AvgIpc) is 2.92. The maximum absolute atomic E-state index is 12.1. The van der Waals surface area contributed by atoms with Crippen molar-refractivity contribution in [3.8, 4) is 0 Å². The minimum atomic E-state index is -0.778. The highest BCUT2D eigenvalue weighted by Gasteiger charge is 2.41. The molecule has 0 aromatic heterocycles. The average molecular weight is 296 g/mol. The van der Waals surface area contributed by atoms with Crippen molar-refractivity contribution in [3.05, 3.63) is 0 Å². The first kappa shape index (κ1) is 16.1. The molecule has 5 nitrogen and oxygen atoms in total. The van der Waals surface area contributed by atoms with Crippen LogP contribution in [-0.2, 0) is 4.79 Å². The Bertz CT molecular complexity index is 391. The Morgan fingerprint density at radius 3 is 2.43 bits per heavy atom. The Morgan fingerprint density at radius 2 is 1.81 bits per heavy atom. The third-order valence-corrected chi connectivity index (χ3v) is 5.63. The van der Waals surface area contributed by atoms with Gasteiger partial charge in [0.05, 0.1) is 5.41 Å². The van der Waals surface area contributed by atoms with Crippen LogP contribution in [0.25, 0.3) is 0 Å². The first-order chi connectivity index (χ1) is 9.94. The molecule has 3 N–H and O–H groups in total. The molecular weight excluding hydrogens is 268 g/mol. The number of carboxylic acid groups (broad SMARTS) is 1. The van der Waals surface area contributed by atoms with E-state index in [4.69, 9.17) is 0 Å². The molecule has 2 rings (SSSR count). The maximum atomic E-state index is 12.1. The summed E-state index contributed by atoms with van der Waals surface area (Å²) in [7, 11) is 0. The molecule has 0 aromatic carbocycles. The number of nitrogens with one attached hydrogen (secondary N) is 2. The number of carbonyl (C=O) groups excluding carboxylic acids is 1. The first-order valence-electron chi connectivity index (χ1n) is 8.22. The third-order valence-electron chi connectivity index (χ3n) is 5.63. The predicted molar refractivity (Wildman–Crippen MR) is 81.0 cm³/mol. The van der Waals surface area contributed by atoms with Crippen LogP contribution >= 0.6 is 0 Å². The lowest BCUT2D eigenvalue weighted by atomic mass is 9.78. The van der Waals surface area contributed by atoms with Gasteiger partial charge in [-0.1, -0.05) is 39.5 Å². The van der Waals surface area contributed by atoms with Crippen molar-refractivity contribution in [2.24, 2.45) is 17.3 Å². The Balaban J connectivity index is 1.83. The smallest absolute Gasteiger partial charge is 0.315 e. The standard InChI is InChI=1S/C16H28N2O3/c1-11-6-5-7-13(12(11)2)18-15(21)17-10-16(14(19)20)8-3-4-9-16/h11-13H,3-10H2,1-2H3,(H,19,20)(H2,17,18,21). The quantitative estimate of drug-likeness (QED) is 0.746. The number of carboxylic acids is 1. The molecule has 2 aliphatic rings. The zero-order valence-electron chi connectivity index (χ0n) is 13.2. The maximum Gasteiger partial charge on any atom is 0.315 e. The fourth-order valence-electron chi connectivity index (χ4n) is 3.77. The van der Waals surface area contributed by atoms with Crippen LogP contribution in [0, 0.1) is 17.3 Å². The second-order valence-electron chi connectivity index (χ2n) is 6.99. The van der Waals surface area contributed by atoms with Gasteiger partial charge in [0.2, 0.25) is 0 Å². The van der Waals surface area contributed by atoms with Gasteiger partial charge in [-0.15, -0.1) is 0 Å². The van der Waals surface area contributed by atoms with Crippen LogP contribution in [0.4, 0.5) is 4.79 Å². The van der Waals surface area contributed by atoms with E-state index in [1.54, 1.807) is 0 Å². The SMILES string of the molecule is CC1CCCC(NC(=O)NCC2(C(=O)O)CCCC2)C1C. The molecule has 2 saturated carbocycles. The summed E-state index contributed by atoms with van der Waals surface area (Å²) >= 11 is 0. The molecule has 2 amide bonds. The number of aliphatic carboxylic acids is 1. The monoisotopic (exact) mass is 296 g/mol. The van der Waals surface area contributed by atoms with Crippen molar-refractivity contribution in [2.75, 3.05) is 6.54 Å². The van der Waals surface area contributed by atoms with Gasteiger partial charge in [-0.3, -0.25) is 4.79 Å². The summed E-state index contributed by atoms with van der Waals surface area (Å²) in [6, 6.07) is -0.00780. The van der Waals surface area contributed by atoms with E-state index < -0.39 is 11.4 Å². The van der Waals surface area contributed by atoms with Crippen LogP contribution in [0.1, 0.15) is 58.8 Å². The van der Waals surface area contributed by atoms with Gasteiger partial charge in [-0.2, -0.15) is 0 Å². The van der Waals surface area contributed by atoms with Crippen molar-refractivity contribution >= 4 is 12.0 Å². The number of hydrogen-bond acceptors (Lipinski definition) is 2. The van der Waals surface area contributed by atoms with Crippen molar-refractivity contribution in [1.82, 2.24) is 10.6 Å². The summed E-state index contributed by atoms with van der Waals surface area (Å²) in [5, 5.41) is 15.2. The molecule has 0 spiro atoms. The molecule has 0 bridgehead atoms. The minimum Gasteiger partial charge on any atom is -0.481 e. The molecule has 3 atom stereocenters. The molecule has 0 saturated heterocycles. The van der Waals surface area contributed by atoms with Crippen molar-refractivity contribution in [1.29, 1.82) is 0 Å². The van der Waals surface area contributed by atoms with Gasteiger partial charge in [-0.25, -0.2) is 4.79 Å². The molecule has 0 aromatic rings. The first-order valence-corrected chi connectivity index (χ1v) is 8.22. The highest BCUT2D eigenvalue weighted by Crippen LogP contribution is 2.37. The summed E-state index contributed by atoms with van der Waals surface area (Å²) < 4.78 is 0. The number of amides is 2. The van der Waals surface area contributed by atoms with E-state index in [2.05, 4.69) is 24.5 Å². The molecule has 2 fully saturated rings. The van der Waals surface area contributed by atoms with Crippen LogP contribution in [0.15, 0.2) is 0 Å². The Hall–Kier alpha value is -1.26. The van der Waals surface area contributed by atoms with Crippen LogP contribution < -0.4 is 10.6 Å². The van der Waals surface area contributed by atoms with Gasteiger partial charge in [0.15, 0.2) is 0 Å². The molecule has 2 aliphatic carbocycles. The van der Waals surface area contributed by atoms with Gasteiger partial charge in [0.25, 0.3) is 0 Å². The number of rotatable bonds is 4. The molecule has 0 radical (unpaired) electrons. The Morgan fingerprint density at radius 1 is 1.14 bits per heavy atom. The van der Waals surface area contributed by atoms with Crippen molar-refractivity contribution < 1.29 is 14.7 Å². The molecular formula is C16H28N2O3. The van der Waals surface area contributed by atoms with Gasteiger partial charge in [0.1, 0.15) is 0 Å². The Kier molecular flexibility index (Phi) is 5.12. The third kappa shape index (κ3) is 3.69. The van der Waals surface area contributed by atoms with E-state index in [-0.39, 0.29) is 18.6 Å². The van der Waals surface area contributed by atoms with Crippen LogP contribution in [0.2, 0.25) is 0 Å². The summed E-state index contributed by atoms with van der Waals surface area (Å²) in [4.78, 5) is 23.5. The van der Waals surface area contributed by atoms with E-state index in [0.29, 0.717) is 24.7 Å². The second-order valence-corrected chi connectivity index (χ2v) is 6.99. The zero-order valence-corrected chi connectivity index (χ0v) is 13.2. The summed E-state index contributed by atoms with van der Waals surface area (Å²) in [5.74, 6) is 0.327. The number of hydrogen-bond donors (Lipinski definition) is 3. The Labute approximate surface area is 126 Å². The van der Waals surface area contributed by atoms with E-state index in [0.717, 1.165) is 25.7 Å². The van der Waals surface area contributed by atoms with Crippen LogP contribution in [0.3, 0.4) is 0 Å². The molecule has 0 heterocycles. The van der Waals surface area contributed by atoms with Crippen molar-refractivity contribution in [3.63, 3.8) is 0 Å². The zero-order chi connectivity index (χ0) is 15.5. The van der Waals surface area contributed by atoms with Gasteiger partial charge < -0.3 is 15.7 Å². The largest absolute Gasteiger partial charge is 0.481 e. The lowest BCUT2D eigenvalue weighted by molar-refractivity contribution is -0.148. The van der Waals surface area contributed by atoms with E-state index in [1.165, 1.54) is 6.42 Å². The minimum absolute atomic E-state index is 0.207. The summed E-state index contributed by atoms with van der Waals surface area (Å²) in [6.07, 6.45) is 6.60. The van der Waals surface area contributed by atoms with E-state index in [9.17, 15) is 14.7 Å². The predicted octanol–water partition coefficient (Wildman–Crippen LogP) is 2.76. The van der Waals surface area contributed by atoms with Crippen molar-refractivity contribution in [2.45, 2.75) is 64.8 Å². The van der Waals surface area contributed by atoms with Gasteiger partial charge in [0, 0.05) is 12.6 Å². The topological polar surface area (TPSA) is 78.4 Å². The lowest BCUT2D eigenvalue weighted by Crippen LogP contribution is -2.50. The second kappa shape index (κ2) is 6.67. The normalized spacial score (nSPS) is 31.6. The number of urea groups is 1. The lowest BCUT2D eigenvalue weighted by Gasteiger charge is -2.35. The number of carbonyl (C=O) groups is 2. The van der Waals surface area contributed by atoms with Gasteiger partial charge in [-0.05, 0) is 31.1 Å². The highest BCUT2D eigenvalue weighted by atomic mass is 16.4. The molecule has 0 aliphatic heterocycles. The highest BCUT2D eigenvalue weighted by molar-refractivity contribution is 5.78. The van der Waals surface area contributed by atoms with E-state index in [1.807, 2.05) is 0 Å².